The first-order valence-electron chi connectivity index (χ1n) is 18.5. The van der Waals surface area contributed by atoms with Crippen LogP contribution in [0, 0.1) is 0 Å². The molecule has 9 aromatic carbocycles. The summed E-state index contributed by atoms with van der Waals surface area (Å²) >= 11 is 0. The SMILES string of the molecule is CC(C)(c1ccccc1)c1ccc(-c2c3ccccc3c(-c3ccc(C(C)(C)c4ccccc4)c4ccccc34)c3ccccc23)c2ccccc12. The lowest BCUT2D eigenvalue weighted by Crippen LogP contribution is -2.19. The molecule has 0 aromatic heterocycles. The largest absolute Gasteiger partial charge is 0.0622 e. The van der Waals surface area contributed by atoms with E-state index in [0.717, 1.165) is 0 Å². The zero-order chi connectivity index (χ0) is 35.5. The maximum absolute atomic E-state index is 2.38. The summed E-state index contributed by atoms with van der Waals surface area (Å²) in [5, 5.41) is 10.3. The fourth-order valence-corrected chi connectivity index (χ4v) is 8.85. The van der Waals surface area contributed by atoms with Crippen molar-refractivity contribution in [1.82, 2.24) is 0 Å². The van der Waals surface area contributed by atoms with Gasteiger partial charge in [-0.1, -0.05) is 210 Å². The first kappa shape index (κ1) is 32.0. The van der Waals surface area contributed by atoms with Crippen LogP contribution in [0.4, 0.5) is 0 Å². The van der Waals surface area contributed by atoms with Crippen molar-refractivity contribution in [3.05, 3.63) is 204 Å². The Balaban J connectivity index is 1.32. The Morgan fingerprint density at radius 3 is 0.846 bits per heavy atom. The van der Waals surface area contributed by atoms with Crippen LogP contribution in [0.25, 0.3) is 65.3 Å². The minimum atomic E-state index is -0.157. The molecule has 0 spiro atoms. The van der Waals surface area contributed by atoms with Crippen molar-refractivity contribution in [3.8, 4) is 22.3 Å². The Morgan fingerprint density at radius 1 is 0.250 bits per heavy atom. The summed E-state index contributed by atoms with van der Waals surface area (Å²) in [5.41, 5.74) is 10.1. The van der Waals surface area contributed by atoms with E-state index in [0.29, 0.717) is 0 Å². The lowest BCUT2D eigenvalue weighted by Gasteiger charge is -2.29. The Labute approximate surface area is 307 Å². The summed E-state index contributed by atoms with van der Waals surface area (Å²) in [7, 11) is 0. The van der Waals surface area contributed by atoms with Crippen molar-refractivity contribution in [1.29, 1.82) is 0 Å². The molecule has 0 heterocycles. The molecule has 9 rings (SSSR count). The number of hydrogen-bond acceptors (Lipinski definition) is 0. The maximum Gasteiger partial charge on any atom is 0.0152 e. The van der Waals surface area contributed by atoms with Gasteiger partial charge in [-0.15, -0.1) is 0 Å². The van der Waals surface area contributed by atoms with E-state index >= 15 is 0 Å². The molecule has 0 N–H and O–H groups in total. The lowest BCUT2D eigenvalue weighted by molar-refractivity contribution is 0.647. The van der Waals surface area contributed by atoms with Gasteiger partial charge in [-0.3, -0.25) is 0 Å². The van der Waals surface area contributed by atoms with Crippen LogP contribution in [0.2, 0.25) is 0 Å². The maximum atomic E-state index is 2.38. The number of hydrogen-bond donors (Lipinski definition) is 0. The zero-order valence-corrected chi connectivity index (χ0v) is 30.3. The summed E-state index contributed by atoms with van der Waals surface area (Å²) in [4.78, 5) is 0. The van der Waals surface area contributed by atoms with E-state index in [1.54, 1.807) is 0 Å². The van der Waals surface area contributed by atoms with Gasteiger partial charge in [0.05, 0.1) is 0 Å². The smallest absolute Gasteiger partial charge is 0.0152 e. The molecule has 0 bridgehead atoms. The Hall–Kier alpha value is -5.98. The average Bonchev–Trinajstić information content (AvgIpc) is 3.20. The Bertz CT molecular complexity index is 2520. The predicted octanol–water partition coefficient (Wildman–Crippen LogP) is 14.3. The quantitative estimate of drug-likeness (QED) is 0.155. The van der Waals surface area contributed by atoms with Crippen LogP contribution in [0.15, 0.2) is 182 Å². The van der Waals surface area contributed by atoms with Gasteiger partial charge in [0.1, 0.15) is 0 Å². The van der Waals surface area contributed by atoms with Crippen LogP contribution in [-0.2, 0) is 10.8 Å². The number of fused-ring (bicyclic) bond motifs is 4. The summed E-state index contributed by atoms with van der Waals surface area (Å²) in [5.74, 6) is 0. The fourth-order valence-electron chi connectivity index (χ4n) is 8.85. The molecule has 250 valence electrons. The summed E-state index contributed by atoms with van der Waals surface area (Å²) in [6.07, 6.45) is 0. The fraction of sp³-hybridized carbons (Fsp3) is 0.115. The van der Waals surface area contributed by atoms with Crippen LogP contribution in [0.5, 0.6) is 0 Å². The highest BCUT2D eigenvalue weighted by molar-refractivity contribution is 6.25. The van der Waals surface area contributed by atoms with Gasteiger partial charge in [-0.2, -0.15) is 0 Å². The van der Waals surface area contributed by atoms with E-state index < -0.39 is 0 Å². The number of benzene rings is 9. The van der Waals surface area contributed by atoms with Crippen molar-refractivity contribution < 1.29 is 0 Å². The second kappa shape index (κ2) is 12.4. The van der Waals surface area contributed by atoms with Gasteiger partial charge in [-0.05, 0) is 87.6 Å². The average molecular weight is 667 g/mol. The third-order valence-electron chi connectivity index (χ3n) is 11.7. The second-order valence-electron chi connectivity index (χ2n) is 15.2. The lowest BCUT2D eigenvalue weighted by atomic mass is 9.74. The molecule has 0 aliphatic rings. The third-order valence-corrected chi connectivity index (χ3v) is 11.7. The molecular weight excluding hydrogens is 625 g/mol. The second-order valence-corrected chi connectivity index (χ2v) is 15.2. The third kappa shape index (κ3) is 4.97. The van der Waals surface area contributed by atoms with Crippen LogP contribution >= 0.6 is 0 Å². The van der Waals surface area contributed by atoms with Gasteiger partial charge in [0.15, 0.2) is 0 Å². The molecule has 0 nitrogen and oxygen atoms in total. The monoisotopic (exact) mass is 666 g/mol. The van der Waals surface area contributed by atoms with Crippen LogP contribution in [0.3, 0.4) is 0 Å². The van der Waals surface area contributed by atoms with Gasteiger partial charge in [0.25, 0.3) is 0 Å². The van der Waals surface area contributed by atoms with Crippen molar-refractivity contribution in [2.24, 2.45) is 0 Å². The highest BCUT2D eigenvalue weighted by Gasteiger charge is 2.28. The number of rotatable bonds is 6. The molecule has 52 heavy (non-hydrogen) atoms. The highest BCUT2D eigenvalue weighted by atomic mass is 14.3. The highest BCUT2D eigenvalue weighted by Crippen LogP contribution is 2.49. The standard InChI is InChI=1S/C52H42/c1-51(2,35-19-7-5-8-20-35)47-33-31-45(37-23-11-13-25-39(37)47)49-41-27-15-17-29-43(41)50(44-30-18-16-28-42(44)49)46-32-34-48(40-26-14-12-24-38(40)46)52(3,4)36-21-9-6-10-22-36/h5-34H,1-4H3. The summed E-state index contributed by atoms with van der Waals surface area (Å²) < 4.78 is 0. The molecule has 0 aliphatic heterocycles. The van der Waals surface area contributed by atoms with Gasteiger partial charge in [-0.25, -0.2) is 0 Å². The van der Waals surface area contributed by atoms with E-state index in [1.165, 1.54) is 87.6 Å². The summed E-state index contributed by atoms with van der Waals surface area (Å²) in [6.45, 7) is 9.39. The van der Waals surface area contributed by atoms with Gasteiger partial charge in [0.2, 0.25) is 0 Å². The van der Waals surface area contributed by atoms with Crippen LogP contribution in [0.1, 0.15) is 49.9 Å². The van der Waals surface area contributed by atoms with Crippen molar-refractivity contribution >= 4 is 43.1 Å². The Kier molecular flexibility index (Phi) is 7.60. The minimum absolute atomic E-state index is 0.157. The van der Waals surface area contributed by atoms with E-state index in [2.05, 4.69) is 210 Å². The normalized spacial score (nSPS) is 12.2. The first-order chi connectivity index (χ1) is 25.4. The molecule has 0 aliphatic carbocycles. The minimum Gasteiger partial charge on any atom is -0.0622 e. The summed E-state index contributed by atoms with van der Waals surface area (Å²) in [6, 6.07) is 67.4. The molecule has 0 unspecified atom stereocenters. The van der Waals surface area contributed by atoms with Crippen molar-refractivity contribution in [2.75, 3.05) is 0 Å². The first-order valence-corrected chi connectivity index (χ1v) is 18.5. The molecular formula is C52H42. The molecule has 0 saturated heterocycles. The molecule has 0 fully saturated rings. The van der Waals surface area contributed by atoms with E-state index in [4.69, 9.17) is 0 Å². The van der Waals surface area contributed by atoms with E-state index in [1.807, 2.05) is 0 Å². The predicted molar refractivity (Wildman–Crippen MR) is 224 cm³/mol. The molecule has 0 heteroatoms. The van der Waals surface area contributed by atoms with Gasteiger partial charge >= 0.3 is 0 Å². The van der Waals surface area contributed by atoms with E-state index in [9.17, 15) is 0 Å². The Morgan fingerprint density at radius 2 is 0.519 bits per heavy atom. The van der Waals surface area contributed by atoms with E-state index in [-0.39, 0.29) is 10.8 Å². The molecule has 0 radical (unpaired) electrons. The van der Waals surface area contributed by atoms with Crippen LogP contribution in [-0.4, -0.2) is 0 Å². The van der Waals surface area contributed by atoms with Gasteiger partial charge < -0.3 is 0 Å². The molecule has 0 atom stereocenters. The topological polar surface area (TPSA) is 0 Å². The van der Waals surface area contributed by atoms with Crippen molar-refractivity contribution in [2.45, 2.75) is 38.5 Å². The van der Waals surface area contributed by atoms with Crippen LogP contribution < -0.4 is 0 Å². The van der Waals surface area contributed by atoms with Crippen molar-refractivity contribution in [3.63, 3.8) is 0 Å². The zero-order valence-electron chi connectivity index (χ0n) is 30.3. The molecule has 0 saturated carbocycles. The molecule has 0 amide bonds. The molecule has 9 aromatic rings. The van der Waals surface area contributed by atoms with Gasteiger partial charge in [0, 0.05) is 10.8 Å².